The van der Waals surface area contributed by atoms with Gasteiger partial charge in [0.15, 0.2) is 17.0 Å². The van der Waals surface area contributed by atoms with E-state index in [1.807, 2.05) is 43.4 Å². The number of carbonyl (C=O) groups is 2. The summed E-state index contributed by atoms with van der Waals surface area (Å²) in [6.45, 7) is 11.1. The topological polar surface area (TPSA) is 144 Å². The molecule has 3 saturated heterocycles. The first-order valence-corrected chi connectivity index (χ1v) is 16.6. The molecule has 10 heteroatoms. The van der Waals surface area contributed by atoms with Gasteiger partial charge in [-0.2, -0.15) is 0 Å². The van der Waals surface area contributed by atoms with Gasteiger partial charge >= 0.3 is 11.9 Å². The van der Waals surface area contributed by atoms with Crippen LogP contribution in [0, 0.1) is 23.7 Å². The van der Waals surface area contributed by atoms with E-state index >= 15 is 0 Å². The molecule has 1 aromatic carbocycles. The molecule has 13 atom stereocenters. The van der Waals surface area contributed by atoms with Crippen LogP contribution in [0.15, 0.2) is 78.9 Å². The number of esters is 1. The van der Waals surface area contributed by atoms with Crippen molar-refractivity contribution in [1.29, 1.82) is 0 Å². The number of Topliss-reactive ketones (excluding diaryl/α,β-unsaturated/α-hetero) is 1. The van der Waals surface area contributed by atoms with Gasteiger partial charge < -0.3 is 39.0 Å². The summed E-state index contributed by atoms with van der Waals surface area (Å²) in [5, 5.41) is 35.0. The molecule has 3 aliphatic carbocycles. The lowest BCUT2D eigenvalue weighted by Gasteiger charge is -2.61. The van der Waals surface area contributed by atoms with Crippen LogP contribution in [0.3, 0.4) is 0 Å². The summed E-state index contributed by atoms with van der Waals surface area (Å²) in [6.07, 6.45) is 8.04. The van der Waals surface area contributed by atoms with E-state index in [-0.39, 0.29) is 6.42 Å². The van der Waals surface area contributed by atoms with Crippen LogP contribution in [0.25, 0.3) is 0 Å². The Balaban J connectivity index is 1.39. The molecule has 3 heterocycles. The van der Waals surface area contributed by atoms with Crippen molar-refractivity contribution >= 4 is 11.8 Å². The van der Waals surface area contributed by atoms with Crippen molar-refractivity contribution in [2.24, 2.45) is 23.7 Å². The highest BCUT2D eigenvalue weighted by Crippen LogP contribution is 2.74. The molecule has 0 aromatic heterocycles. The molecule has 1 aromatic rings. The second kappa shape index (κ2) is 11.0. The number of ketones is 1. The first-order chi connectivity index (χ1) is 22.4. The fraction of sp³-hybridized carbons (Fsp3) is 0.568. The fourth-order valence-electron chi connectivity index (χ4n) is 9.53. The minimum Gasteiger partial charge on any atom is -0.455 e. The van der Waals surface area contributed by atoms with Gasteiger partial charge in [-0.1, -0.05) is 94.5 Å². The van der Waals surface area contributed by atoms with Crippen molar-refractivity contribution in [2.75, 3.05) is 6.61 Å². The zero-order valence-electron chi connectivity index (χ0n) is 27.2. The van der Waals surface area contributed by atoms with Gasteiger partial charge in [-0.15, -0.1) is 0 Å². The van der Waals surface area contributed by atoms with Gasteiger partial charge in [0.05, 0.1) is 12.2 Å². The van der Waals surface area contributed by atoms with Crippen molar-refractivity contribution < 1.29 is 48.6 Å². The predicted molar refractivity (Wildman–Crippen MR) is 168 cm³/mol. The van der Waals surface area contributed by atoms with Gasteiger partial charge in [-0.05, 0) is 25.3 Å². The number of hydrogen-bond donors (Lipinski definition) is 3. The number of benzene rings is 1. The van der Waals surface area contributed by atoms with Crippen LogP contribution in [0.1, 0.15) is 52.5 Å². The molecule has 3 N–H and O–H groups in total. The van der Waals surface area contributed by atoms with Crippen molar-refractivity contribution in [3.05, 3.63) is 84.5 Å². The molecular formula is C37H44O10. The molecule has 0 spiro atoms. The highest BCUT2D eigenvalue weighted by molar-refractivity contribution is 5.93. The summed E-state index contributed by atoms with van der Waals surface area (Å²) in [5.41, 5.74) is -5.87. The third-order valence-corrected chi connectivity index (χ3v) is 11.7. The zero-order chi connectivity index (χ0) is 33.6. The van der Waals surface area contributed by atoms with E-state index in [9.17, 15) is 24.9 Å². The second-order valence-corrected chi connectivity index (χ2v) is 14.2. The molecule has 6 aliphatic rings. The summed E-state index contributed by atoms with van der Waals surface area (Å²) in [5.74, 6) is -6.13. The lowest BCUT2D eigenvalue weighted by atomic mass is 9.52. The summed E-state index contributed by atoms with van der Waals surface area (Å²) in [4.78, 5) is 27.4. The molecule has 10 nitrogen and oxygen atoms in total. The third kappa shape index (κ3) is 4.10. The number of unbranched alkanes of at least 4 members (excludes halogenated alkanes) is 1. The van der Waals surface area contributed by atoms with E-state index in [1.165, 1.54) is 6.08 Å². The third-order valence-electron chi connectivity index (χ3n) is 11.7. The van der Waals surface area contributed by atoms with Crippen molar-refractivity contribution in [3.8, 4) is 0 Å². The molecule has 252 valence electrons. The molecule has 3 bridgehead atoms. The number of aliphatic hydroxyl groups excluding tert-OH is 2. The van der Waals surface area contributed by atoms with Gasteiger partial charge in [0.2, 0.25) is 0 Å². The average Bonchev–Trinajstić information content (AvgIpc) is 3.68. The Morgan fingerprint density at radius 2 is 1.81 bits per heavy atom. The fourth-order valence-corrected chi connectivity index (χ4v) is 9.53. The zero-order valence-corrected chi connectivity index (χ0v) is 27.2. The molecule has 47 heavy (non-hydrogen) atoms. The summed E-state index contributed by atoms with van der Waals surface area (Å²) in [6, 6.07) is 9.08. The number of hydrogen-bond acceptors (Lipinski definition) is 10. The van der Waals surface area contributed by atoms with Crippen LogP contribution in [-0.4, -0.2) is 80.5 Å². The van der Waals surface area contributed by atoms with Crippen molar-refractivity contribution in [3.63, 3.8) is 0 Å². The van der Waals surface area contributed by atoms with Crippen molar-refractivity contribution in [2.45, 2.75) is 99.8 Å². The molecule has 3 aliphatic heterocycles. The van der Waals surface area contributed by atoms with Crippen LogP contribution in [0.2, 0.25) is 0 Å². The molecule has 0 amide bonds. The van der Waals surface area contributed by atoms with E-state index < -0.39 is 94.8 Å². The van der Waals surface area contributed by atoms with E-state index in [0.717, 1.165) is 12.8 Å². The maximum atomic E-state index is 13.9. The van der Waals surface area contributed by atoms with E-state index in [4.69, 9.17) is 23.7 Å². The monoisotopic (exact) mass is 648 g/mol. The smallest absolute Gasteiger partial charge is 0.331 e. The Bertz CT molecular complexity index is 1550. The van der Waals surface area contributed by atoms with Gasteiger partial charge in [-0.3, -0.25) is 4.79 Å². The number of carbonyl (C=O) groups excluding carboxylic acids is 2. The maximum Gasteiger partial charge on any atom is 0.331 e. The summed E-state index contributed by atoms with van der Waals surface area (Å²) < 4.78 is 33.4. The summed E-state index contributed by atoms with van der Waals surface area (Å²) >= 11 is 0. The summed E-state index contributed by atoms with van der Waals surface area (Å²) in [7, 11) is 0. The number of fused-ring (bicyclic) bond motifs is 3. The number of allylic oxidation sites excluding steroid dienone is 5. The lowest BCUT2D eigenvalue weighted by molar-refractivity contribution is -0.443. The molecule has 3 saturated carbocycles. The van der Waals surface area contributed by atoms with Gasteiger partial charge in [0, 0.05) is 35.3 Å². The molecule has 0 radical (unpaired) electrons. The maximum absolute atomic E-state index is 13.9. The molecule has 6 fully saturated rings. The van der Waals surface area contributed by atoms with Gasteiger partial charge in [-0.25, -0.2) is 4.79 Å². The van der Waals surface area contributed by atoms with Crippen LogP contribution < -0.4 is 0 Å². The minimum atomic E-state index is -2.33. The first kappa shape index (κ1) is 32.6. The Morgan fingerprint density at radius 3 is 2.49 bits per heavy atom. The minimum absolute atomic E-state index is 0.177. The van der Waals surface area contributed by atoms with E-state index in [0.29, 0.717) is 11.1 Å². The van der Waals surface area contributed by atoms with Gasteiger partial charge in [0.1, 0.15) is 30.0 Å². The number of ether oxygens (including phenoxy) is 5. The quantitative estimate of drug-likeness (QED) is 0.120. The molecule has 13 unspecified atom stereocenters. The second-order valence-electron chi connectivity index (χ2n) is 14.2. The highest BCUT2D eigenvalue weighted by Gasteiger charge is 2.91. The Morgan fingerprint density at radius 1 is 1.09 bits per heavy atom. The largest absolute Gasteiger partial charge is 0.455 e. The SMILES string of the molecule is C=C(C)C12OC3(c4ccccc4)OC1C1C4OC4(CO)C(O)C4(O)C(=O)C(C)CC4C1(O3)C(C)C2OC(=O)C=CC=CC=CCCC. The Labute approximate surface area is 274 Å². The normalized spacial score (nSPS) is 47.7. The lowest BCUT2D eigenvalue weighted by Crippen LogP contribution is -2.76. The number of rotatable bonds is 9. The van der Waals surface area contributed by atoms with Crippen LogP contribution in [0.5, 0.6) is 0 Å². The Kier molecular flexibility index (Phi) is 7.65. The van der Waals surface area contributed by atoms with E-state index in [1.54, 1.807) is 38.1 Å². The average molecular weight is 649 g/mol. The Hall–Kier alpha value is -2.96. The number of aliphatic hydroxyl groups is 3. The van der Waals surface area contributed by atoms with Crippen LogP contribution >= 0.6 is 0 Å². The standard InChI is InChI=1S/C37H44O10/c1-6-7-8-9-10-11-15-18-26(39)43-29-23(5)36-25-19-22(4)28(40)34(25,42)32(41)33(20-38)30(44-33)27(36)31-35(29,21(2)3)46-37(45-31,47-36)24-16-13-12-14-17-24/h8-18,22-23,25,27,29-32,38,41-42H,2,6-7,19-20H2,1,3-5H3. The number of epoxide rings is 1. The molecule has 7 rings (SSSR count). The van der Waals surface area contributed by atoms with E-state index in [2.05, 4.69) is 13.5 Å². The van der Waals surface area contributed by atoms with Gasteiger partial charge in [0.25, 0.3) is 0 Å². The van der Waals surface area contributed by atoms with Crippen molar-refractivity contribution in [1.82, 2.24) is 0 Å². The highest BCUT2D eigenvalue weighted by atomic mass is 16.9. The van der Waals surface area contributed by atoms with Crippen LogP contribution in [-0.2, 0) is 39.2 Å². The predicted octanol–water partition coefficient (Wildman–Crippen LogP) is 3.40. The first-order valence-electron chi connectivity index (χ1n) is 16.6. The molecular weight excluding hydrogens is 604 g/mol. The van der Waals surface area contributed by atoms with Crippen LogP contribution in [0.4, 0.5) is 0 Å².